The number of aryl methyl sites for hydroxylation is 3. The van der Waals surface area contributed by atoms with Crippen molar-refractivity contribution in [3.05, 3.63) is 114 Å². The van der Waals surface area contributed by atoms with Gasteiger partial charge in [0.05, 0.1) is 17.2 Å². The predicted octanol–water partition coefficient (Wildman–Crippen LogP) is 8.04. The van der Waals surface area contributed by atoms with Gasteiger partial charge in [-0.05, 0) is 54.3 Å². The summed E-state index contributed by atoms with van der Waals surface area (Å²) in [4.78, 5) is 0. The normalized spacial score (nSPS) is 11.2. The van der Waals surface area contributed by atoms with E-state index in [1.54, 1.807) is 10.6 Å². The molecule has 0 amide bonds. The minimum Gasteiger partial charge on any atom is -0.454 e. The third kappa shape index (κ3) is 3.77. The van der Waals surface area contributed by atoms with Gasteiger partial charge in [-0.2, -0.15) is 9.83 Å². The number of benzene rings is 4. The largest absolute Gasteiger partial charge is 0.454 e. The van der Waals surface area contributed by atoms with E-state index in [0.717, 1.165) is 55.4 Å². The van der Waals surface area contributed by atoms with Crippen molar-refractivity contribution in [3.63, 3.8) is 0 Å². The molecule has 0 spiro atoms. The molecular formula is C33H24FN2O+. The van der Waals surface area contributed by atoms with Crippen molar-refractivity contribution in [2.45, 2.75) is 13.8 Å². The molecule has 178 valence electrons. The van der Waals surface area contributed by atoms with Crippen molar-refractivity contribution in [2.75, 3.05) is 0 Å². The zero-order chi connectivity index (χ0) is 25.7. The molecule has 0 unspecified atom stereocenters. The lowest BCUT2D eigenvalue weighted by molar-refractivity contribution is -0.661. The van der Waals surface area contributed by atoms with Crippen LogP contribution in [0.4, 0.5) is 4.39 Å². The Bertz CT molecular complexity index is 1860. The highest BCUT2D eigenvalue weighted by Gasteiger charge is 2.23. The summed E-state index contributed by atoms with van der Waals surface area (Å²) in [5.74, 6) is -0.296. The zero-order valence-electron chi connectivity index (χ0n) is 20.8. The van der Waals surface area contributed by atoms with Crippen LogP contribution < -0.4 is 4.57 Å². The van der Waals surface area contributed by atoms with Gasteiger partial charge in [0.15, 0.2) is 5.82 Å². The third-order valence-electron chi connectivity index (χ3n) is 7.05. The van der Waals surface area contributed by atoms with Crippen LogP contribution in [0.15, 0.2) is 95.5 Å². The summed E-state index contributed by atoms with van der Waals surface area (Å²) in [7, 11) is 1.83. The molecule has 2 aromatic heterocycles. The molecule has 2 heterocycles. The minimum absolute atomic E-state index is 0.296. The maximum absolute atomic E-state index is 13.8. The SMILES string of the molecule is Cc1ccc(-c2ccc(-c3c(C#N)ccc4c3oc3c(-c5ccc(F)c[n+]5C)c(C)ccc34)cc2)cc1. The summed E-state index contributed by atoms with van der Waals surface area (Å²) in [6.07, 6.45) is 1.46. The van der Waals surface area contributed by atoms with Crippen molar-refractivity contribution in [1.29, 1.82) is 5.26 Å². The summed E-state index contributed by atoms with van der Waals surface area (Å²) in [6, 6.07) is 30.2. The standard InChI is InChI=1S/C33H24FN2O/c1-20-4-7-22(8-5-20)23-9-11-24(12-10-23)31-25(18-35)13-16-28-27-15-6-21(2)30(32(27)37-33(28)31)29-17-14-26(34)19-36(29)3/h4-17,19H,1-3H3/q+1. The van der Waals surface area contributed by atoms with Crippen LogP contribution in [0.25, 0.3) is 55.4 Å². The van der Waals surface area contributed by atoms with Gasteiger partial charge in [-0.25, -0.2) is 4.39 Å². The first kappa shape index (κ1) is 22.7. The van der Waals surface area contributed by atoms with Crippen LogP contribution in [-0.4, -0.2) is 0 Å². The summed E-state index contributed by atoms with van der Waals surface area (Å²) < 4.78 is 22.2. The fourth-order valence-electron chi connectivity index (χ4n) is 5.11. The Morgan fingerprint density at radius 2 is 1.30 bits per heavy atom. The van der Waals surface area contributed by atoms with Gasteiger partial charge in [-0.15, -0.1) is 0 Å². The number of hydrogen-bond donors (Lipinski definition) is 0. The molecule has 0 radical (unpaired) electrons. The van der Waals surface area contributed by atoms with Crippen LogP contribution in [0.2, 0.25) is 0 Å². The molecule has 0 aliphatic carbocycles. The van der Waals surface area contributed by atoms with Crippen molar-refractivity contribution >= 4 is 21.9 Å². The van der Waals surface area contributed by atoms with Gasteiger partial charge in [0.25, 0.3) is 0 Å². The lowest BCUT2D eigenvalue weighted by Crippen LogP contribution is -2.31. The molecule has 0 atom stereocenters. The van der Waals surface area contributed by atoms with E-state index in [2.05, 4.69) is 61.5 Å². The van der Waals surface area contributed by atoms with Crippen LogP contribution in [0.3, 0.4) is 0 Å². The molecule has 0 N–H and O–H groups in total. The fourth-order valence-corrected chi connectivity index (χ4v) is 5.11. The van der Waals surface area contributed by atoms with Crippen LogP contribution in [0.5, 0.6) is 0 Å². The maximum Gasteiger partial charge on any atom is 0.216 e. The van der Waals surface area contributed by atoms with Gasteiger partial charge < -0.3 is 4.42 Å². The highest BCUT2D eigenvalue weighted by Crippen LogP contribution is 2.42. The summed E-state index contributed by atoms with van der Waals surface area (Å²) in [5.41, 5.74) is 9.93. The average molecular weight is 484 g/mol. The van der Waals surface area contributed by atoms with Crippen molar-refractivity contribution < 1.29 is 13.4 Å². The number of nitrogens with zero attached hydrogens (tertiary/aromatic N) is 2. The van der Waals surface area contributed by atoms with E-state index in [9.17, 15) is 9.65 Å². The summed E-state index contributed by atoms with van der Waals surface area (Å²) in [5, 5.41) is 11.9. The van der Waals surface area contributed by atoms with Crippen LogP contribution >= 0.6 is 0 Å². The first-order valence-corrected chi connectivity index (χ1v) is 12.2. The number of rotatable bonds is 3. The smallest absolute Gasteiger partial charge is 0.216 e. The molecule has 6 aromatic rings. The van der Waals surface area contributed by atoms with Crippen molar-refractivity contribution in [2.24, 2.45) is 7.05 Å². The van der Waals surface area contributed by atoms with Gasteiger partial charge in [0.2, 0.25) is 11.9 Å². The van der Waals surface area contributed by atoms with Gasteiger partial charge >= 0.3 is 0 Å². The number of aromatic nitrogens is 1. The molecule has 3 nitrogen and oxygen atoms in total. The number of furan rings is 1. The van der Waals surface area contributed by atoms with Gasteiger partial charge in [0, 0.05) is 22.4 Å². The molecule has 6 rings (SSSR count). The Balaban J connectivity index is 1.58. The number of nitriles is 1. The third-order valence-corrected chi connectivity index (χ3v) is 7.05. The molecule has 0 bridgehead atoms. The number of halogens is 1. The zero-order valence-corrected chi connectivity index (χ0v) is 20.8. The first-order chi connectivity index (χ1) is 17.9. The second kappa shape index (κ2) is 8.72. The van der Waals surface area contributed by atoms with E-state index in [1.165, 1.54) is 17.8 Å². The second-order valence-electron chi connectivity index (χ2n) is 9.50. The maximum atomic E-state index is 13.8. The second-order valence-corrected chi connectivity index (χ2v) is 9.50. The van der Waals surface area contributed by atoms with Gasteiger partial charge in [-0.1, -0.05) is 66.2 Å². The molecule has 0 fully saturated rings. The van der Waals surface area contributed by atoms with Gasteiger partial charge in [-0.3, -0.25) is 0 Å². The fraction of sp³-hybridized carbons (Fsp3) is 0.0909. The minimum atomic E-state index is -0.296. The lowest BCUT2D eigenvalue weighted by Gasteiger charge is -2.08. The number of pyridine rings is 1. The monoisotopic (exact) mass is 483 g/mol. The molecular weight excluding hydrogens is 459 g/mol. The van der Waals surface area contributed by atoms with E-state index >= 15 is 0 Å². The van der Waals surface area contributed by atoms with Crippen LogP contribution in [0.1, 0.15) is 16.7 Å². The quantitative estimate of drug-likeness (QED) is 0.239. The predicted molar refractivity (Wildman–Crippen MR) is 145 cm³/mol. The van der Waals surface area contributed by atoms with E-state index < -0.39 is 0 Å². The van der Waals surface area contributed by atoms with E-state index in [-0.39, 0.29) is 5.82 Å². The molecule has 0 saturated carbocycles. The average Bonchev–Trinajstić information content (AvgIpc) is 3.28. The van der Waals surface area contributed by atoms with E-state index in [4.69, 9.17) is 4.42 Å². The Morgan fingerprint density at radius 1 is 0.703 bits per heavy atom. The molecule has 0 aliphatic rings. The van der Waals surface area contributed by atoms with E-state index in [0.29, 0.717) is 11.1 Å². The number of fused-ring (bicyclic) bond motifs is 3. The Labute approximate surface area is 214 Å². The molecule has 37 heavy (non-hydrogen) atoms. The highest BCUT2D eigenvalue weighted by atomic mass is 19.1. The van der Waals surface area contributed by atoms with E-state index in [1.807, 2.05) is 38.2 Å². The topological polar surface area (TPSA) is 40.8 Å². The van der Waals surface area contributed by atoms with Crippen LogP contribution in [-0.2, 0) is 7.05 Å². The Kier molecular flexibility index (Phi) is 5.35. The highest BCUT2D eigenvalue weighted by molar-refractivity contribution is 6.14. The van der Waals surface area contributed by atoms with Gasteiger partial charge in [0.1, 0.15) is 18.2 Å². The lowest BCUT2D eigenvalue weighted by atomic mass is 9.94. The Morgan fingerprint density at radius 3 is 1.95 bits per heavy atom. The molecule has 0 saturated heterocycles. The molecule has 4 heteroatoms. The summed E-state index contributed by atoms with van der Waals surface area (Å²) in [6.45, 7) is 4.10. The van der Waals surface area contributed by atoms with Crippen LogP contribution in [0, 0.1) is 31.0 Å². The molecule has 4 aromatic carbocycles. The summed E-state index contributed by atoms with van der Waals surface area (Å²) >= 11 is 0. The Hall–Kier alpha value is -4.75. The molecule has 0 aliphatic heterocycles. The number of hydrogen-bond acceptors (Lipinski definition) is 2. The van der Waals surface area contributed by atoms with Crippen molar-refractivity contribution in [3.8, 4) is 39.6 Å². The first-order valence-electron chi connectivity index (χ1n) is 12.2. The van der Waals surface area contributed by atoms with Crippen molar-refractivity contribution in [1.82, 2.24) is 0 Å².